The Bertz CT molecular complexity index is 842. The Morgan fingerprint density at radius 2 is 1.36 bits per heavy atom. The van der Waals surface area contributed by atoms with E-state index < -0.39 is 83.7 Å². The Kier molecular flexibility index (Phi) is 12.5. The average Bonchev–Trinajstić information content (AvgIpc) is 2.73. The summed E-state index contributed by atoms with van der Waals surface area (Å²) in [6, 6.07) is -5.48. The first-order valence-corrected chi connectivity index (χ1v) is 11.3. The zero-order valence-electron chi connectivity index (χ0n) is 21.9. The Morgan fingerprint density at radius 3 is 1.75 bits per heavy atom. The smallest absolute Gasteiger partial charge is 0.311 e. The molecule has 0 rings (SSSR count). The molecular formula is C22H39N5O9. The van der Waals surface area contributed by atoms with Crippen LogP contribution in [0.15, 0.2) is 0 Å². The summed E-state index contributed by atoms with van der Waals surface area (Å²) >= 11 is 0. The van der Waals surface area contributed by atoms with Crippen molar-refractivity contribution in [2.24, 2.45) is 11.3 Å². The quantitative estimate of drug-likeness (QED) is 0.129. The summed E-state index contributed by atoms with van der Waals surface area (Å²) < 4.78 is 0. The molecule has 0 unspecified atom stereocenters. The highest BCUT2D eigenvalue weighted by Gasteiger charge is 2.45. The standard InChI is InChI=1S/C22H39N5O9/c1-10(2)15(24-12(4)28)18(31)26-16(22(5,6)21(35)36)19(32)25-13(9-14(29)27(7)8)17(30)23-11(3)20(33)34/h10-11,13,15-16,20,33-34H,9H2,1-8H3,(H,23,30)(H,24,28)(H,25,32)(H,26,31)(H,35,36)/t11-,13-,15-,16+/m0/s1. The third kappa shape index (κ3) is 9.77. The Balaban J connectivity index is 6.15. The second-order valence-corrected chi connectivity index (χ2v) is 9.65. The van der Waals surface area contributed by atoms with Crippen molar-refractivity contribution in [2.45, 2.75) is 78.4 Å². The van der Waals surface area contributed by atoms with E-state index in [1.807, 2.05) is 0 Å². The van der Waals surface area contributed by atoms with E-state index in [1.54, 1.807) is 13.8 Å². The van der Waals surface area contributed by atoms with Gasteiger partial charge in [-0.1, -0.05) is 13.8 Å². The van der Waals surface area contributed by atoms with Gasteiger partial charge in [0.25, 0.3) is 0 Å². The summed E-state index contributed by atoms with van der Waals surface area (Å²) in [7, 11) is 2.84. The third-order valence-electron chi connectivity index (χ3n) is 5.46. The number of hydrogen-bond acceptors (Lipinski definition) is 8. The molecule has 0 saturated carbocycles. The molecule has 0 aromatic carbocycles. The molecule has 36 heavy (non-hydrogen) atoms. The molecule has 0 saturated heterocycles. The van der Waals surface area contributed by atoms with Crippen molar-refractivity contribution < 1.29 is 44.1 Å². The number of amides is 5. The highest BCUT2D eigenvalue weighted by atomic mass is 16.5. The highest BCUT2D eigenvalue weighted by molar-refractivity contribution is 5.98. The van der Waals surface area contributed by atoms with Crippen LogP contribution in [0, 0.1) is 11.3 Å². The first-order chi connectivity index (χ1) is 16.3. The van der Waals surface area contributed by atoms with Crippen LogP contribution >= 0.6 is 0 Å². The molecule has 14 heteroatoms. The van der Waals surface area contributed by atoms with Crippen LogP contribution in [0.25, 0.3) is 0 Å². The second-order valence-electron chi connectivity index (χ2n) is 9.65. The average molecular weight is 518 g/mol. The summed E-state index contributed by atoms with van der Waals surface area (Å²) in [5, 5.41) is 37.6. The number of nitrogens with zero attached hydrogens (tertiary/aromatic N) is 1. The lowest BCUT2D eigenvalue weighted by Gasteiger charge is -2.33. The van der Waals surface area contributed by atoms with Gasteiger partial charge in [0.15, 0.2) is 6.29 Å². The Labute approximate surface area is 210 Å². The van der Waals surface area contributed by atoms with Crippen molar-refractivity contribution in [2.75, 3.05) is 14.1 Å². The molecule has 14 nitrogen and oxygen atoms in total. The van der Waals surface area contributed by atoms with Gasteiger partial charge >= 0.3 is 5.97 Å². The lowest BCUT2D eigenvalue weighted by atomic mass is 9.83. The van der Waals surface area contributed by atoms with Crippen molar-refractivity contribution in [3.05, 3.63) is 0 Å². The van der Waals surface area contributed by atoms with E-state index >= 15 is 0 Å². The topological polar surface area (TPSA) is 214 Å². The van der Waals surface area contributed by atoms with Crippen LogP contribution in [-0.2, 0) is 28.8 Å². The molecule has 0 heterocycles. The SMILES string of the molecule is CC(=O)N[C@H](C(=O)N[C@H](C(=O)N[C@@H](CC(=O)N(C)C)C(=O)N[C@@H](C)C(O)O)C(C)(C)C(=O)O)C(C)C. The zero-order chi connectivity index (χ0) is 28.5. The maximum atomic E-state index is 13.3. The lowest BCUT2D eigenvalue weighted by Crippen LogP contribution is -2.63. The van der Waals surface area contributed by atoms with Crippen LogP contribution in [0.3, 0.4) is 0 Å². The van der Waals surface area contributed by atoms with Crippen molar-refractivity contribution in [3.8, 4) is 0 Å². The van der Waals surface area contributed by atoms with E-state index in [0.29, 0.717) is 0 Å². The molecule has 0 aliphatic heterocycles. The summed E-state index contributed by atoms with van der Waals surface area (Å²) in [6.07, 6.45) is -2.46. The van der Waals surface area contributed by atoms with Crippen LogP contribution in [-0.4, -0.2) is 100 Å². The molecule has 206 valence electrons. The van der Waals surface area contributed by atoms with E-state index in [0.717, 1.165) is 4.90 Å². The largest absolute Gasteiger partial charge is 0.481 e. The van der Waals surface area contributed by atoms with Crippen LogP contribution in [0.4, 0.5) is 0 Å². The van der Waals surface area contributed by atoms with Crippen LogP contribution < -0.4 is 21.3 Å². The predicted octanol–water partition coefficient (Wildman–Crippen LogP) is -2.48. The molecule has 5 amide bonds. The maximum Gasteiger partial charge on any atom is 0.311 e. The molecule has 0 spiro atoms. The van der Waals surface area contributed by atoms with Crippen molar-refractivity contribution in [1.29, 1.82) is 0 Å². The first-order valence-electron chi connectivity index (χ1n) is 11.3. The minimum Gasteiger partial charge on any atom is -0.481 e. The van der Waals surface area contributed by atoms with E-state index in [4.69, 9.17) is 0 Å². The van der Waals surface area contributed by atoms with E-state index in [1.165, 1.54) is 41.8 Å². The van der Waals surface area contributed by atoms with Gasteiger partial charge in [0.1, 0.15) is 18.1 Å². The number of hydrogen-bond donors (Lipinski definition) is 7. The number of carboxylic acids is 1. The fourth-order valence-corrected chi connectivity index (χ4v) is 2.90. The van der Waals surface area contributed by atoms with Gasteiger partial charge in [-0.3, -0.25) is 28.8 Å². The highest BCUT2D eigenvalue weighted by Crippen LogP contribution is 2.22. The molecule has 0 bridgehead atoms. The van der Waals surface area contributed by atoms with Crippen LogP contribution in [0.5, 0.6) is 0 Å². The van der Waals surface area contributed by atoms with Crippen molar-refractivity contribution in [1.82, 2.24) is 26.2 Å². The number of nitrogens with one attached hydrogen (secondary N) is 4. The molecule has 0 aliphatic rings. The van der Waals surface area contributed by atoms with Crippen LogP contribution in [0.1, 0.15) is 48.0 Å². The van der Waals surface area contributed by atoms with Gasteiger partial charge in [0.05, 0.1) is 17.9 Å². The molecule has 7 N–H and O–H groups in total. The van der Waals surface area contributed by atoms with Crippen molar-refractivity contribution in [3.63, 3.8) is 0 Å². The molecule has 4 atom stereocenters. The summed E-state index contributed by atoms with van der Waals surface area (Å²) in [4.78, 5) is 75.8. The van der Waals surface area contributed by atoms with Gasteiger partial charge in [-0.05, 0) is 26.7 Å². The first kappa shape index (κ1) is 32.7. The molecule has 0 aliphatic carbocycles. The normalized spacial score (nSPS) is 14.8. The fourth-order valence-electron chi connectivity index (χ4n) is 2.90. The summed E-state index contributed by atoms with van der Waals surface area (Å²) in [5.74, 6) is -5.75. The predicted molar refractivity (Wildman–Crippen MR) is 127 cm³/mol. The zero-order valence-corrected chi connectivity index (χ0v) is 21.9. The fraction of sp³-hybridized carbons (Fsp3) is 0.727. The third-order valence-corrected chi connectivity index (χ3v) is 5.46. The van der Waals surface area contributed by atoms with Gasteiger partial charge in [0, 0.05) is 21.0 Å². The van der Waals surface area contributed by atoms with Gasteiger partial charge < -0.3 is 41.5 Å². The van der Waals surface area contributed by atoms with E-state index in [-0.39, 0.29) is 0 Å². The molecule has 0 radical (unpaired) electrons. The second kappa shape index (κ2) is 13.7. The number of aliphatic carboxylic acids is 1. The van der Waals surface area contributed by atoms with E-state index in [9.17, 15) is 44.1 Å². The van der Waals surface area contributed by atoms with Gasteiger partial charge in [-0.25, -0.2) is 0 Å². The molecule has 0 aromatic rings. The minimum atomic E-state index is -1.92. The Hall–Kier alpha value is -3.26. The maximum absolute atomic E-state index is 13.3. The number of rotatable bonds is 13. The number of aliphatic hydroxyl groups is 2. The minimum absolute atomic E-state index is 0.409. The lowest BCUT2D eigenvalue weighted by molar-refractivity contribution is -0.153. The van der Waals surface area contributed by atoms with Gasteiger partial charge in [-0.2, -0.15) is 0 Å². The molecular weight excluding hydrogens is 478 g/mol. The van der Waals surface area contributed by atoms with E-state index in [2.05, 4.69) is 21.3 Å². The summed E-state index contributed by atoms with van der Waals surface area (Å²) in [6.45, 7) is 8.13. The van der Waals surface area contributed by atoms with Gasteiger partial charge in [0.2, 0.25) is 29.5 Å². The summed E-state index contributed by atoms with van der Waals surface area (Å²) in [5.41, 5.74) is -1.88. The number of carbonyl (C=O) groups excluding carboxylic acids is 5. The monoisotopic (exact) mass is 517 g/mol. The van der Waals surface area contributed by atoms with Crippen LogP contribution in [0.2, 0.25) is 0 Å². The number of aliphatic hydroxyl groups excluding tert-OH is 1. The number of carbonyl (C=O) groups is 6. The van der Waals surface area contributed by atoms with Crippen molar-refractivity contribution >= 4 is 35.5 Å². The van der Waals surface area contributed by atoms with Gasteiger partial charge in [-0.15, -0.1) is 0 Å². The molecule has 0 fully saturated rings. The molecule has 0 aromatic heterocycles. The number of carboxylic acid groups (broad SMARTS) is 1. The Morgan fingerprint density at radius 1 is 0.833 bits per heavy atom.